The van der Waals surface area contributed by atoms with Crippen molar-refractivity contribution >= 4 is 33.8 Å². The number of carbonyl (C=O) groups is 1. The van der Waals surface area contributed by atoms with Crippen molar-refractivity contribution in [2.75, 3.05) is 38.1 Å². The molecule has 1 saturated heterocycles. The van der Waals surface area contributed by atoms with Gasteiger partial charge in [0.05, 0.1) is 11.9 Å². The van der Waals surface area contributed by atoms with E-state index in [0.29, 0.717) is 11.4 Å². The van der Waals surface area contributed by atoms with Gasteiger partial charge in [-0.05, 0) is 32.2 Å². The molecular weight excluding hydrogens is 422 g/mol. The zero-order chi connectivity index (χ0) is 22.1. The molecule has 8 nitrogen and oxygen atoms in total. The van der Waals surface area contributed by atoms with Crippen LogP contribution in [0, 0.1) is 6.92 Å². The maximum Gasteiger partial charge on any atom is 0.170 e. The molecule has 0 spiro atoms. The van der Waals surface area contributed by atoms with Crippen molar-refractivity contribution in [2.45, 2.75) is 13.3 Å². The molecule has 162 valence electrons. The van der Waals surface area contributed by atoms with Gasteiger partial charge in [-0.3, -0.25) is 4.79 Å². The summed E-state index contributed by atoms with van der Waals surface area (Å²) in [6.45, 7) is 5.73. The summed E-state index contributed by atoms with van der Waals surface area (Å²) in [4.78, 5) is 31.0. The molecule has 32 heavy (non-hydrogen) atoms. The summed E-state index contributed by atoms with van der Waals surface area (Å²) in [6, 6.07) is 9.58. The number of ketones is 1. The van der Waals surface area contributed by atoms with Crippen LogP contribution in [0.5, 0.6) is 0 Å². The lowest BCUT2D eigenvalue weighted by Gasteiger charge is -2.33. The second-order valence-corrected chi connectivity index (χ2v) is 9.16. The molecule has 0 saturated carbocycles. The summed E-state index contributed by atoms with van der Waals surface area (Å²) < 4.78 is 0. The SMILES string of the molecule is Cc1nnc(-c2ccc3cnc(CC(=O)c4ccnc(N5CCN(C)CC5)c4)nc3c2)s1. The molecule has 0 unspecified atom stereocenters. The molecule has 0 radical (unpaired) electrons. The molecule has 4 aromatic rings. The molecule has 0 aliphatic carbocycles. The minimum absolute atomic E-state index is 0.0157. The lowest BCUT2D eigenvalue weighted by Crippen LogP contribution is -2.44. The molecule has 0 bridgehead atoms. The van der Waals surface area contributed by atoms with E-state index in [4.69, 9.17) is 0 Å². The van der Waals surface area contributed by atoms with Gasteiger partial charge in [0.1, 0.15) is 21.7 Å². The fraction of sp³-hybridized carbons (Fsp3) is 0.304. The quantitative estimate of drug-likeness (QED) is 0.433. The molecule has 0 N–H and O–H groups in total. The monoisotopic (exact) mass is 445 g/mol. The molecule has 3 aromatic heterocycles. The van der Waals surface area contributed by atoms with Crippen LogP contribution in [-0.4, -0.2) is 69.1 Å². The predicted octanol–water partition coefficient (Wildman–Crippen LogP) is 3.03. The minimum atomic E-state index is -0.0157. The van der Waals surface area contributed by atoms with Crippen LogP contribution in [0.15, 0.2) is 42.7 Å². The van der Waals surface area contributed by atoms with Gasteiger partial charge in [0.15, 0.2) is 5.78 Å². The van der Waals surface area contributed by atoms with Gasteiger partial charge in [0.2, 0.25) is 0 Å². The van der Waals surface area contributed by atoms with Crippen LogP contribution in [0.3, 0.4) is 0 Å². The van der Waals surface area contributed by atoms with Crippen molar-refractivity contribution in [3.63, 3.8) is 0 Å². The Morgan fingerprint density at radius 3 is 2.69 bits per heavy atom. The maximum atomic E-state index is 13.0. The van der Waals surface area contributed by atoms with Gasteiger partial charge >= 0.3 is 0 Å². The average molecular weight is 446 g/mol. The smallest absolute Gasteiger partial charge is 0.170 e. The Labute approximate surface area is 190 Å². The first-order valence-electron chi connectivity index (χ1n) is 10.5. The van der Waals surface area contributed by atoms with E-state index in [9.17, 15) is 4.79 Å². The van der Waals surface area contributed by atoms with Crippen molar-refractivity contribution in [3.05, 3.63) is 59.1 Å². The van der Waals surface area contributed by atoms with Crippen molar-refractivity contribution in [1.82, 2.24) is 30.0 Å². The number of benzene rings is 1. The largest absolute Gasteiger partial charge is 0.354 e. The molecule has 1 aliphatic heterocycles. The van der Waals surface area contributed by atoms with Gasteiger partial charge < -0.3 is 9.80 Å². The fourth-order valence-electron chi connectivity index (χ4n) is 3.74. The van der Waals surface area contributed by atoms with Crippen LogP contribution in [0.1, 0.15) is 21.2 Å². The van der Waals surface area contributed by atoms with E-state index in [1.807, 2.05) is 31.2 Å². The van der Waals surface area contributed by atoms with Crippen molar-refractivity contribution < 1.29 is 4.79 Å². The molecule has 1 aromatic carbocycles. The first-order valence-corrected chi connectivity index (χ1v) is 11.4. The van der Waals surface area contributed by atoms with Gasteiger partial charge in [0.25, 0.3) is 0 Å². The lowest BCUT2D eigenvalue weighted by atomic mass is 10.1. The Bertz CT molecular complexity index is 1280. The summed E-state index contributed by atoms with van der Waals surface area (Å²) in [7, 11) is 2.12. The number of Topliss-reactive ketones (excluding diaryl/α,β-unsaturated/α-hetero) is 1. The zero-order valence-corrected chi connectivity index (χ0v) is 18.8. The Morgan fingerprint density at radius 1 is 1.06 bits per heavy atom. The van der Waals surface area contributed by atoms with Gasteiger partial charge in [-0.2, -0.15) is 0 Å². The molecule has 4 heterocycles. The number of nitrogens with zero attached hydrogens (tertiary/aromatic N) is 7. The zero-order valence-electron chi connectivity index (χ0n) is 18.0. The Balaban J connectivity index is 1.36. The van der Waals surface area contributed by atoms with Crippen molar-refractivity contribution in [1.29, 1.82) is 0 Å². The van der Waals surface area contributed by atoms with E-state index in [-0.39, 0.29) is 12.2 Å². The third-order valence-electron chi connectivity index (χ3n) is 5.62. The summed E-state index contributed by atoms with van der Waals surface area (Å²) in [5.74, 6) is 1.34. The summed E-state index contributed by atoms with van der Waals surface area (Å²) in [5.41, 5.74) is 2.39. The summed E-state index contributed by atoms with van der Waals surface area (Å²) in [5, 5.41) is 11.0. The second-order valence-electron chi connectivity index (χ2n) is 7.98. The van der Waals surface area contributed by atoms with Gasteiger partial charge in [0, 0.05) is 55.1 Å². The highest BCUT2D eigenvalue weighted by Gasteiger charge is 2.17. The van der Waals surface area contributed by atoms with Crippen LogP contribution in [0.25, 0.3) is 21.5 Å². The number of aryl methyl sites for hydroxylation is 1. The highest BCUT2D eigenvalue weighted by Crippen LogP contribution is 2.26. The van der Waals surface area contributed by atoms with Gasteiger partial charge in [-0.1, -0.05) is 23.5 Å². The average Bonchev–Trinajstić information content (AvgIpc) is 3.25. The molecule has 1 aliphatic rings. The normalized spacial score (nSPS) is 14.8. The predicted molar refractivity (Wildman–Crippen MR) is 125 cm³/mol. The minimum Gasteiger partial charge on any atom is -0.354 e. The third-order valence-corrected chi connectivity index (χ3v) is 6.51. The number of hydrogen-bond donors (Lipinski definition) is 0. The Morgan fingerprint density at radius 2 is 1.91 bits per heavy atom. The number of aromatic nitrogens is 5. The number of likely N-dealkylation sites (N-methyl/N-ethyl adjacent to an activating group) is 1. The molecule has 0 amide bonds. The highest BCUT2D eigenvalue weighted by molar-refractivity contribution is 7.14. The fourth-order valence-corrected chi connectivity index (χ4v) is 4.43. The van der Waals surface area contributed by atoms with Gasteiger partial charge in [-0.25, -0.2) is 15.0 Å². The van der Waals surface area contributed by atoms with Gasteiger partial charge in [-0.15, -0.1) is 10.2 Å². The number of carbonyl (C=O) groups excluding carboxylic acids is 1. The summed E-state index contributed by atoms with van der Waals surface area (Å²) >= 11 is 1.54. The standard InChI is InChI=1S/C23H23N7OS/c1-15-27-28-23(32-15)17-3-4-18-14-25-21(26-19(18)11-17)13-20(31)16-5-6-24-22(12-16)30-9-7-29(2)8-10-30/h3-6,11-12,14H,7-10,13H2,1-2H3. The van der Waals surface area contributed by atoms with E-state index in [0.717, 1.165) is 58.5 Å². The van der Waals surface area contributed by atoms with Crippen molar-refractivity contribution in [2.24, 2.45) is 0 Å². The number of hydrogen-bond acceptors (Lipinski definition) is 9. The number of anilines is 1. The number of rotatable bonds is 5. The molecular formula is C23H23N7OS. The third kappa shape index (κ3) is 4.35. The first-order chi connectivity index (χ1) is 15.5. The number of pyridine rings is 1. The van der Waals surface area contributed by atoms with E-state index in [2.05, 4.69) is 42.0 Å². The Hall–Kier alpha value is -3.30. The van der Waals surface area contributed by atoms with E-state index in [1.165, 1.54) is 0 Å². The van der Waals surface area contributed by atoms with E-state index >= 15 is 0 Å². The van der Waals surface area contributed by atoms with Crippen molar-refractivity contribution in [3.8, 4) is 10.6 Å². The Kier molecular flexibility index (Phi) is 5.59. The van der Waals surface area contributed by atoms with Crippen LogP contribution in [0.2, 0.25) is 0 Å². The first kappa shape index (κ1) is 20.6. The lowest BCUT2D eigenvalue weighted by molar-refractivity contribution is 0.0991. The number of fused-ring (bicyclic) bond motifs is 1. The number of piperazine rings is 1. The molecule has 1 fully saturated rings. The molecule has 9 heteroatoms. The van der Waals surface area contributed by atoms with Crippen LogP contribution >= 0.6 is 11.3 Å². The highest BCUT2D eigenvalue weighted by atomic mass is 32.1. The van der Waals surface area contributed by atoms with E-state index in [1.54, 1.807) is 29.8 Å². The van der Waals surface area contributed by atoms with Crippen LogP contribution < -0.4 is 4.90 Å². The van der Waals surface area contributed by atoms with Crippen LogP contribution in [-0.2, 0) is 6.42 Å². The molecule has 0 atom stereocenters. The maximum absolute atomic E-state index is 13.0. The summed E-state index contributed by atoms with van der Waals surface area (Å²) in [6.07, 6.45) is 3.62. The molecule has 5 rings (SSSR count). The topological polar surface area (TPSA) is 88.0 Å². The van der Waals surface area contributed by atoms with E-state index < -0.39 is 0 Å². The van der Waals surface area contributed by atoms with Crippen LogP contribution in [0.4, 0.5) is 5.82 Å². The second kappa shape index (κ2) is 8.68.